The molecule has 0 aromatic carbocycles. The molecule has 1 heterocycles. The number of hydrogen-bond acceptors (Lipinski definition) is 2. The molecule has 0 N–H and O–H groups in total. The number of hydroxylamine groups is 1. The molecule has 0 aromatic rings. The van der Waals surface area contributed by atoms with E-state index >= 15 is 0 Å². The van der Waals surface area contributed by atoms with Gasteiger partial charge < -0.3 is 9.63 Å². The van der Waals surface area contributed by atoms with Crippen LogP contribution in [0.15, 0.2) is 0 Å². The van der Waals surface area contributed by atoms with Gasteiger partial charge in [-0.1, -0.05) is 20.8 Å². The summed E-state index contributed by atoms with van der Waals surface area (Å²) in [6, 6.07) is 0. The van der Waals surface area contributed by atoms with Gasteiger partial charge in [-0.25, -0.2) is 4.74 Å². The normalized spacial score (nSPS) is 23.8. The second-order valence-corrected chi connectivity index (χ2v) is 10.3. The average molecular weight is 215 g/mol. The lowest BCUT2D eigenvalue weighted by molar-refractivity contribution is -0.443. The summed E-state index contributed by atoms with van der Waals surface area (Å²) in [7, 11) is -1.70. The van der Waals surface area contributed by atoms with Gasteiger partial charge >= 0.3 is 0 Å². The molecular weight excluding hydrogens is 194 g/mol. The summed E-state index contributed by atoms with van der Waals surface area (Å²) in [5.74, 6) is 0. The van der Waals surface area contributed by atoms with Gasteiger partial charge in [0.15, 0.2) is 21.1 Å². The summed E-state index contributed by atoms with van der Waals surface area (Å²) in [5.41, 5.74) is 0. The molecule has 4 heteroatoms. The summed E-state index contributed by atoms with van der Waals surface area (Å²) in [4.78, 5) is 0. The lowest BCUT2D eigenvalue weighted by atomic mass is 10.2. The molecule has 1 aliphatic heterocycles. The van der Waals surface area contributed by atoms with Gasteiger partial charge in [-0.3, -0.25) is 0 Å². The van der Waals surface area contributed by atoms with Crippen molar-refractivity contribution in [2.75, 3.05) is 6.54 Å². The molecule has 14 heavy (non-hydrogen) atoms. The third-order valence-electron chi connectivity index (χ3n) is 3.22. The Hall–Kier alpha value is -0.353. The number of nitrogens with zero attached hydrogens (tertiary/aromatic N) is 1. The van der Waals surface area contributed by atoms with Gasteiger partial charge in [-0.15, -0.1) is 0 Å². The molecule has 0 fully saturated rings. The van der Waals surface area contributed by atoms with E-state index in [-0.39, 0.29) is 11.1 Å². The van der Waals surface area contributed by atoms with E-state index in [9.17, 15) is 5.21 Å². The Labute approximate surface area is 87.5 Å². The van der Waals surface area contributed by atoms with Crippen molar-refractivity contribution < 1.29 is 9.16 Å². The fraction of sp³-hybridized carbons (Fsp3) is 0.900. The minimum Gasteiger partial charge on any atom is -0.624 e. The highest BCUT2D eigenvalue weighted by molar-refractivity contribution is 6.74. The zero-order valence-electron chi connectivity index (χ0n) is 9.83. The van der Waals surface area contributed by atoms with Crippen LogP contribution in [0.1, 0.15) is 27.2 Å². The van der Waals surface area contributed by atoms with Crippen molar-refractivity contribution in [1.82, 2.24) is 0 Å². The highest BCUT2D eigenvalue weighted by Gasteiger charge is 2.40. The molecule has 0 unspecified atom stereocenters. The molecular formula is C10H21NO2Si. The molecule has 1 atom stereocenters. The maximum absolute atomic E-state index is 11.0. The Morgan fingerprint density at radius 3 is 2.36 bits per heavy atom. The van der Waals surface area contributed by atoms with E-state index in [1.54, 1.807) is 6.21 Å². The van der Waals surface area contributed by atoms with E-state index in [1.165, 1.54) is 0 Å². The average Bonchev–Trinajstić information content (AvgIpc) is 2.31. The van der Waals surface area contributed by atoms with Crippen molar-refractivity contribution in [3.05, 3.63) is 5.21 Å². The second kappa shape index (κ2) is 3.66. The van der Waals surface area contributed by atoms with Crippen LogP contribution in [-0.2, 0) is 4.43 Å². The Kier molecular flexibility index (Phi) is 3.06. The molecule has 1 rings (SSSR count). The van der Waals surface area contributed by atoms with Gasteiger partial charge in [0.25, 0.3) is 0 Å². The van der Waals surface area contributed by atoms with Crippen LogP contribution in [0.2, 0.25) is 18.1 Å². The summed E-state index contributed by atoms with van der Waals surface area (Å²) in [6.07, 6.45) is 2.56. The molecule has 0 saturated carbocycles. The lowest BCUT2D eigenvalue weighted by Crippen LogP contribution is -2.43. The van der Waals surface area contributed by atoms with Gasteiger partial charge in [-0.2, -0.15) is 0 Å². The fourth-order valence-electron chi connectivity index (χ4n) is 1.23. The molecule has 3 nitrogen and oxygen atoms in total. The zero-order valence-corrected chi connectivity index (χ0v) is 10.8. The molecule has 82 valence electrons. The Balaban J connectivity index is 2.60. The van der Waals surface area contributed by atoms with E-state index in [0.717, 1.165) is 11.2 Å². The van der Waals surface area contributed by atoms with Gasteiger partial charge in [0.1, 0.15) is 6.10 Å². The second-order valence-electron chi connectivity index (χ2n) is 5.50. The zero-order chi connectivity index (χ0) is 11.0. The SMILES string of the molecule is CC(C)(C)[Si](C)(C)O[C@H]1C=[N+]([O-])CC1. The van der Waals surface area contributed by atoms with Crippen LogP contribution < -0.4 is 0 Å². The summed E-state index contributed by atoms with van der Waals surface area (Å²) in [5, 5.41) is 11.2. The van der Waals surface area contributed by atoms with Crippen LogP contribution in [0.4, 0.5) is 0 Å². The van der Waals surface area contributed by atoms with Crippen molar-refractivity contribution in [2.45, 2.75) is 51.4 Å². The van der Waals surface area contributed by atoms with Crippen LogP contribution in [-0.4, -0.2) is 31.9 Å². The molecule has 0 amide bonds. The fourth-order valence-corrected chi connectivity index (χ4v) is 2.52. The van der Waals surface area contributed by atoms with Crippen LogP contribution in [0, 0.1) is 5.21 Å². The van der Waals surface area contributed by atoms with Crippen molar-refractivity contribution in [1.29, 1.82) is 0 Å². The lowest BCUT2D eigenvalue weighted by Gasteiger charge is -2.37. The van der Waals surface area contributed by atoms with Gasteiger partial charge in [-0.05, 0) is 18.1 Å². The van der Waals surface area contributed by atoms with Crippen molar-refractivity contribution in [3.63, 3.8) is 0 Å². The molecule has 1 aliphatic rings. The predicted octanol–water partition coefficient (Wildman–Crippen LogP) is 2.36. The minimum atomic E-state index is -1.70. The smallest absolute Gasteiger partial charge is 0.193 e. The monoisotopic (exact) mass is 215 g/mol. The topological polar surface area (TPSA) is 35.3 Å². The van der Waals surface area contributed by atoms with E-state index < -0.39 is 8.32 Å². The maximum Gasteiger partial charge on any atom is 0.193 e. The summed E-state index contributed by atoms with van der Waals surface area (Å²) in [6.45, 7) is 11.7. The first-order chi connectivity index (χ1) is 6.22. The Morgan fingerprint density at radius 2 is 2.00 bits per heavy atom. The number of rotatable bonds is 2. The van der Waals surface area contributed by atoms with E-state index in [0.29, 0.717) is 6.54 Å². The van der Waals surface area contributed by atoms with Crippen LogP contribution in [0.25, 0.3) is 0 Å². The highest BCUT2D eigenvalue weighted by Crippen LogP contribution is 2.37. The Bertz CT molecular complexity index is 243. The van der Waals surface area contributed by atoms with E-state index in [2.05, 4.69) is 33.9 Å². The summed E-state index contributed by atoms with van der Waals surface area (Å²) >= 11 is 0. The van der Waals surface area contributed by atoms with Crippen LogP contribution in [0.5, 0.6) is 0 Å². The van der Waals surface area contributed by atoms with Crippen molar-refractivity contribution in [2.24, 2.45) is 0 Å². The molecule has 0 saturated heterocycles. The van der Waals surface area contributed by atoms with E-state index in [1.807, 2.05) is 0 Å². The number of hydrogen-bond donors (Lipinski definition) is 0. The molecule has 0 radical (unpaired) electrons. The third kappa shape index (κ3) is 2.57. The minimum absolute atomic E-state index is 0.0494. The standard InChI is InChI=1S/C10H21NO2Si/c1-10(2,3)14(4,5)13-9-6-7-11(12)8-9/h8-9H,6-7H2,1-5H3/t9-/m1/s1. The van der Waals surface area contributed by atoms with Crippen molar-refractivity contribution in [3.8, 4) is 0 Å². The first-order valence-corrected chi connectivity index (χ1v) is 8.10. The highest BCUT2D eigenvalue weighted by atomic mass is 28.4. The predicted molar refractivity (Wildman–Crippen MR) is 61.2 cm³/mol. The van der Waals surface area contributed by atoms with Crippen LogP contribution in [0.3, 0.4) is 0 Å². The Morgan fingerprint density at radius 1 is 1.43 bits per heavy atom. The largest absolute Gasteiger partial charge is 0.624 e. The van der Waals surface area contributed by atoms with Gasteiger partial charge in [0.05, 0.1) is 0 Å². The molecule has 0 aliphatic carbocycles. The van der Waals surface area contributed by atoms with E-state index in [4.69, 9.17) is 4.43 Å². The van der Waals surface area contributed by atoms with Gasteiger partial charge in [0.2, 0.25) is 0 Å². The van der Waals surface area contributed by atoms with Gasteiger partial charge in [0, 0.05) is 6.42 Å². The first-order valence-electron chi connectivity index (χ1n) is 5.19. The van der Waals surface area contributed by atoms with Crippen LogP contribution >= 0.6 is 0 Å². The third-order valence-corrected chi connectivity index (χ3v) is 7.72. The van der Waals surface area contributed by atoms with Crippen molar-refractivity contribution >= 4 is 14.5 Å². The first kappa shape index (κ1) is 11.7. The molecule has 0 spiro atoms. The summed E-state index contributed by atoms with van der Waals surface area (Å²) < 4.78 is 7.06. The quantitative estimate of drug-likeness (QED) is 0.403. The molecule has 0 aromatic heterocycles. The maximum atomic E-state index is 11.0. The molecule has 0 bridgehead atoms.